The Morgan fingerprint density at radius 2 is 2.07 bits per heavy atom. The highest BCUT2D eigenvalue weighted by atomic mass is 79.9. The van der Waals surface area contributed by atoms with Crippen LogP contribution >= 0.6 is 15.9 Å². The first-order valence-electron chi connectivity index (χ1n) is 4.83. The molecule has 0 saturated carbocycles. The molecule has 15 heavy (non-hydrogen) atoms. The standard InChI is InChI=1S/C11H16BrNO2/c1-7-8(4-3-5-9(7)12)11(15)10(14)6-13-2/h3-5,10-11,13-15H,6H2,1-2H3. The second kappa shape index (κ2) is 5.61. The fourth-order valence-electron chi connectivity index (χ4n) is 1.47. The maximum absolute atomic E-state index is 9.91. The topological polar surface area (TPSA) is 52.5 Å². The molecule has 0 saturated heterocycles. The number of halogens is 1. The van der Waals surface area contributed by atoms with Crippen LogP contribution in [-0.2, 0) is 0 Å². The zero-order valence-corrected chi connectivity index (χ0v) is 10.5. The smallest absolute Gasteiger partial charge is 0.106 e. The summed E-state index contributed by atoms with van der Waals surface area (Å²) in [5.74, 6) is 0. The molecular weight excluding hydrogens is 258 g/mol. The Kier molecular flexibility index (Phi) is 4.73. The van der Waals surface area contributed by atoms with E-state index >= 15 is 0 Å². The van der Waals surface area contributed by atoms with Crippen molar-refractivity contribution in [1.29, 1.82) is 0 Å². The van der Waals surface area contributed by atoms with Crippen molar-refractivity contribution in [3.05, 3.63) is 33.8 Å². The summed E-state index contributed by atoms with van der Waals surface area (Å²) in [7, 11) is 1.74. The molecule has 3 N–H and O–H groups in total. The lowest BCUT2D eigenvalue weighted by atomic mass is 9.99. The molecule has 0 aromatic heterocycles. The summed E-state index contributed by atoms with van der Waals surface area (Å²) in [6.07, 6.45) is -1.64. The minimum absolute atomic E-state index is 0.368. The van der Waals surface area contributed by atoms with Gasteiger partial charge in [0.15, 0.2) is 0 Å². The molecule has 0 aliphatic heterocycles. The molecule has 1 rings (SSSR count). The van der Waals surface area contributed by atoms with Crippen molar-refractivity contribution in [2.45, 2.75) is 19.1 Å². The third-order valence-corrected chi connectivity index (χ3v) is 3.27. The van der Waals surface area contributed by atoms with Gasteiger partial charge < -0.3 is 15.5 Å². The lowest BCUT2D eigenvalue weighted by molar-refractivity contribution is 0.0198. The van der Waals surface area contributed by atoms with Crippen LogP contribution in [-0.4, -0.2) is 29.9 Å². The summed E-state index contributed by atoms with van der Waals surface area (Å²) in [4.78, 5) is 0. The van der Waals surface area contributed by atoms with E-state index < -0.39 is 12.2 Å². The Labute approximate surface area is 98.3 Å². The fraction of sp³-hybridized carbons (Fsp3) is 0.455. The van der Waals surface area contributed by atoms with Gasteiger partial charge in [0, 0.05) is 11.0 Å². The summed E-state index contributed by atoms with van der Waals surface area (Å²) >= 11 is 3.39. The van der Waals surface area contributed by atoms with Crippen LogP contribution in [0.3, 0.4) is 0 Å². The Morgan fingerprint density at radius 1 is 1.40 bits per heavy atom. The summed E-state index contributed by atoms with van der Waals surface area (Å²) in [6, 6.07) is 5.58. The third kappa shape index (κ3) is 3.01. The van der Waals surface area contributed by atoms with Gasteiger partial charge in [-0.05, 0) is 31.2 Å². The lowest BCUT2D eigenvalue weighted by Crippen LogP contribution is -2.29. The molecule has 4 heteroatoms. The predicted molar refractivity (Wildman–Crippen MR) is 63.8 cm³/mol. The third-order valence-electron chi connectivity index (χ3n) is 2.41. The molecule has 3 nitrogen and oxygen atoms in total. The van der Waals surface area contributed by atoms with Crippen LogP contribution in [0.2, 0.25) is 0 Å². The van der Waals surface area contributed by atoms with Crippen molar-refractivity contribution in [1.82, 2.24) is 5.32 Å². The molecular formula is C11H16BrNO2. The quantitative estimate of drug-likeness (QED) is 0.777. The van der Waals surface area contributed by atoms with Crippen LogP contribution < -0.4 is 5.32 Å². The second-order valence-electron chi connectivity index (χ2n) is 3.52. The summed E-state index contributed by atoms with van der Waals surface area (Å²) in [6.45, 7) is 2.28. The fourth-order valence-corrected chi connectivity index (χ4v) is 1.85. The average Bonchev–Trinajstić information content (AvgIpc) is 2.21. The molecule has 1 aromatic carbocycles. The highest BCUT2D eigenvalue weighted by Crippen LogP contribution is 2.26. The predicted octanol–water partition coefficient (Wildman–Crippen LogP) is 1.37. The minimum Gasteiger partial charge on any atom is -0.389 e. The molecule has 0 aliphatic carbocycles. The van der Waals surface area contributed by atoms with Crippen molar-refractivity contribution in [3.8, 4) is 0 Å². The van der Waals surface area contributed by atoms with Gasteiger partial charge in [0.05, 0.1) is 6.10 Å². The van der Waals surface area contributed by atoms with Crippen LogP contribution in [0.5, 0.6) is 0 Å². The van der Waals surface area contributed by atoms with E-state index in [4.69, 9.17) is 0 Å². The van der Waals surface area contributed by atoms with E-state index in [0.717, 1.165) is 15.6 Å². The summed E-state index contributed by atoms with van der Waals surface area (Å²) < 4.78 is 0.940. The van der Waals surface area contributed by atoms with Crippen molar-refractivity contribution < 1.29 is 10.2 Å². The van der Waals surface area contributed by atoms with E-state index in [1.54, 1.807) is 7.05 Å². The van der Waals surface area contributed by atoms with Crippen LogP contribution in [0.4, 0.5) is 0 Å². The zero-order chi connectivity index (χ0) is 11.4. The highest BCUT2D eigenvalue weighted by Gasteiger charge is 2.19. The molecule has 0 heterocycles. The van der Waals surface area contributed by atoms with Gasteiger partial charge in [0.1, 0.15) is 6.10 Å². The molecule has 0 fully saturated rings. The van der Waals surface area contributed by atoms with Crippen molar-refractivity contribution in [2.75, 3.05) is 13.6 Å². The van der Waals surface area contributed by atoms with Gasteiger partial charge in [-0.15, -0.1) is 0 Å². The van der Waals surface area contributed by atoms with E-state index in [2.05, 4.69) is 21.2 Å². The number of benzene rings is 1. The van der Waals surface area contributed by atoms with Crippen molar-refractivity contribution >= 4 is 15.9 Å². The first-order chi connectivity index (χ1) is 7.07. The number of aliphatic hydroxyl groups excluding tert-OH is 2. The first-order valence-corrected chi connectivity index (χ1v) is 5.63. The van der Waals surface area contributed by atoms with E-state index in [9.17, 15) is 10.2 Å². The van der Waals surface area contributed by atoms with Crippen LogP contribution in [0.25, 0.3) is 0 Å². The summed E-state index contributed by atoms with van der Waals surface area (Å²) in [5.41, 5.74) is 1.72. The maximum Gasteiger partial charge on any atom is 0.106 e. The van der Waals surface area contributed by atoms with Gasteiger partial charge >= 0.3 is 0 Å². The molecule has 2 atom stereocenters. The first kappa shape index (κ1) is 12.6. The Bertz CT molecular complexity index is 330. The molecule has 0 bridgehead atoms. The number of likely N-dealkylation sites (N-methyl/N-ethyl adjacent to an activating group) is 1. The second-order valence-corrected chi connectivity index (χ2v) is 4.38. The highest BCUT2D eigenvalue weighted by molar-refractivity contribution is 9.10. The molecule has 0 radical (unpaired) electrons. The molecule has 2 unspecified atom stereocenters. The van der Waals surface area contributed by atoms with Crippen LogP contribution in [0, 0.1) is 6.92 Å². The van der Waals surface area contributed by atoms with Crippen LogP contribution in [0.1, 0.15) is 17.2 Å². The number of hydrogen-bond donors (Lipinski definition) is 3. The normalized spacial score (nSPS) is 15.0. The van der Waals surface area contributed by atoms with Gasteiger partial charge in [-0.25, -0.2) is 0 Å². The molecule has 0 amide bonds. The molecule has 0 spiro atoms. The lowest BCUT2D eigenvalue weighted by Gasteiger charge is -2.20. The average molecular weight is 274 g/mol. The van der Waals surface area contributed by atoms with E-state index in [-0.39, 0.29) is 0 Å². The molecule has 1 aromatic rings. The number of hydrogen-bond acceptors (Lipinski definition) is 3. The maximum atomic E-state index is 9.91. The van der Waals surface area contributed by atoms with Gasteiger partial charge in [-0.2, -0.15) is 0 Å². The SMILES string of the molecule is CNCC(O)C(O)c1cccc(Br)c1C. The van der Waals surface area contributed by atoms with Gasteiger partial charge in [-0.3, -0.25) is 0 Å². The zero-order valence-electron chi connectivity index (χ0n) is 8.87. The summed E-state index contributed by atoms with van der Waals surface area (Å²) in [5, 5.41) is 22.4. The van der Waals surface area contributed by atoms with Gasteiger partial charge in [-0.1, -0.05) is 28.1 Å². The Balaban J connectivity index is 2.90. The monoisotopic (exact) mass is 273 g/mol. The van der Waals surface area contributed by atoms with E-state index in [1.165, 1.54) is 0 Å². The Hall–Kier alpha value is -0.420. The largest absolute Gasteiger partial charge is 0.389 e. The van der Waals surface area contributed by atoms with Crippen molar-refractivity contribution in [2.24, 2.45) is 0 Å². The number of rotatable bonds is 4. The van der Waals surface area contributed by atoms with Gasteiger partial charge in [0.25, 0.3) is 0 Å². The number of nitrogens with one attached hydrogen (secondary N) is 1. The van der Waals surface area contributed by atoms with Crippen molar-refractivity contribution in [3.63, 3.8) is 0 Å². The van der Waals surface area contributed by atoms with Crippen LogP contribution in [0.15, 0.2) is 22.7 Å². The van der Waals surface area contributed by atoms with Gasteiger partial charge in [0.2, 0.25) is 0 Å². The van der Waals surface area contributed by atoms with E-state index in [0.29, 0.717) is 6.54 Å². The number of aliphatic hydroxyl groups is 2. The molecule has 0 aliphatic rings. The Morgan fingerprint density at radius 3 is 2.67 bits per heavy atom. The van der Waals surface area contributed by atoms with E-state index in [1.807, 2.05) is 25.1 Å². The molecule has 84 valence electrons. The minimum atomic E-state index is -0.852.